The average molecular weight is 399 g/mol. The largest absolute Gasteiger partial charge is 0.492 e. The van der Waals surface area contributed by atoms with E-state index in [2.05, 4.69) is 0 Å². The molecule has 0 saturated carbocycles. The predicted molar refractivity (Wildman–Crippen MR) is 110 cm³/mol. The van der Waals surface area contributed by atoms with Gasteiger partial charge in [-0.2, -0.15) is 0 Å². The van der Waals surface area contributed by atoms with E-state index in [1.54, 1.807) is 19.2 Å². The Balaban J connectivity index is 1.65. The van der Waals surface area contributed by atoms with Crippen LogP contribution in [0.3, 0.4) is 0 Å². The van der Waals surface area contributed by atoms with E-state index in [9.17, 15) is 14.9 Å². The van der Waals surface area contributed by atoms with Crippen LogP contribution in [0, 0.1) is 17.0 Å². The van der Waals surface area contributed by atoms with Gasteiger partial charge in [0.2, 0.25) is 0 Å². The first kappa shape index (κ1) is 20.6. The number of carbonyl (C=O) groups excluding carboxylic acids is 1. The molecule has 3 rings (SSSR count). The van der Waals surface area contributed by atoms with E-state index in [1.807, 2.05) is 36.1 Å². The number of hydrogen-bond acceptors (Lipinski definition) is 6. The Labute approximate surface area is 169 Å². The molecule has 8 nitrogen and oxygen atoms in total. The van der Waals surface area contributed by atoms with Crippen molar-refractivity contribution in [2.45, 2.75) is 6.92 Å². The molecule has 29 heavy (non-hydrogen) atoms. The Morgan fingerprint density at radius 1 is 1.21 bits per heavy atom. The summed E-state index contributed by atoms with van der Waals surface area (Å²) < 4.78 is 11.0. The van der Waals surface area contributed by atoms with Crippen molar-refractivity contribution in [1.29, 1.82) is 0 Å². The molecule has 0 aromatic heterocycles. The Hall–Kier alpha value is -3.13. The lowest BCUT2D eigenvalue weighted by Gasteiger charge is -2.28. The van der Waals surface area contributed by atoms with Crippen LogP contribution < -0.4 is 9.64 Å². The third-order valence-corrected chi connectivity index (χ3v) is 4.83. The topological polar surface area (TPSA) is 85.2 Å². The van der Waals surface area contributed by atoms with E-state index >= 15 is 0 Å². The predicted octanol–water partition coefficient (Wildman–Crippen LogP) is 2.89. The lowest BCUT2D eigenvalue weighted by atomic mass is 10.1. The Kier molecular flexibility index (Phi) is 6.66. The number of ether oxygens (including phenoxy) is 2. The maximum Gasteiger partial charge on any atom is 0.293 e. The second kappa shape index (κ2) is 9.38. The molecule has 0 N–H and O–H groups in total. The summed E-state index contributed by atoms with van der Waals surface area (Å²) in [4.78, 5) is 27.2. The molecule has 2 aromatic carbocycles. The lowest BCUT2D eigenvalue weighted by molar-refractivity contribution is -0.384. The van der Waals surface area contributed by atoms with Gasteiger partial charge in [0.15, 0.2) is 0 Å². The van der Waals surface area contributed by atoms with Crippen molar-refractivity contribution >= 4 is 17.3 Å². The zero-order valence-corrected chi connectivity index (χ0v) is 16.7. The Bertz CT molecular complexity index is 863. The molecule has 154 valence electrons. The number of nitro groups is 1. The monoisotopic (exact) mass is 399 g/mol. The van der Waals surface area contributed by atoms with Gasteiger partial charge in [-0.05, 0) is 31.2 Å². The van der Waals surface area contributed by atoms with Crippen LogP contribution in [0.2, 0.25) is 0 Å². The number of nitrogens with zero attached hydrogens (tertiary/aromatic N) is 3. The van der Waals surface area contributed by atoms with Gasteiger partial charge in [0.25, 0.3) is 11.6 Å². The zero-order valence-electron chi connectivity index (χ0n) is 16.7. The summed E-state index contributed by atoms with van der Waals surface area (Å²) in [6.07, 6.45) is 0. The van der Waals surface area contributed by atoms with Gasteiger partial charge in [0, 0.05) is 31.8 Å². The van der Waals surface area contributed by atoms with E-state index in [1.165, 1.54) is 11.0 Å². The number of hydrogen-bond donors (Lipinski definition) is 0. The lowest BCUT2D eigenvalue weighted by Crippen LogP contribution is -2.36. The number of amides is 1. The Morgan fingerprint density at radius 2 is 1.90 bits per heavy atom. The van der Waals surface area contributed by atoms with Crippen LogP contribution in [-0.4, -0.2) is 62.2 Å². The average Bonchev–Trinajstić information content (AvgIpc) is 2.74. The van der Waals surface area contributed by atoms with E-state index in [0.717, 1.165) is 11.3 Å². The molecule has 0 bridgehead atoms. The fourth-order valence-corrected chi connectivity index (χ4v) is 3.13. The number of benzene rings is 2. The SMILES string of the molecule is Cc1ccc(OCCN(C)C(=O)c2ccc(N3CCOCC3)c([N+](=O)[O-])c2)cc1. The van der Waals surface area contributed by atoms with Crippen molar-refractivity contribution in [3.8, 4) is 5.75 Å². The number of carbonyl (C=O) groups is 1. The summed E-state index contributed by atoms with van der Waals surface area (Å²) in [5.41, 5.74) is 1.88. The maximum atomic E-state index is 12.7. The van der Waals surface area contributed by atoms with Crippen LogP contribution in [0.25, 0.3) is 0 Å². The van der Waals surface area contributed by atoms with Crippen molar-refractivity contribution < 1.29 is 19.2 Å². The maximum absolute atomic E-state index is 12.7. The fraction of sp³-hybridized carbons (Fsp3) is 0.381. The van der Waals surface area contributed by atoms with Gasteiger partial charge < -0.3 is 19.3 Å². The molecule has 0 unspecified atom stereocenters. The third kappa shape index (κ3) is 5.23. The van der Waals surface area contributed by atoms with Crippen LogP contribution in [0.4, 0.5) is 11.4 Å². The molecule has 1 fully saturated rings. The van der Waals surface area contributed by atoms with Crippen molar-refractivity contribution in [1.82, 2.24) is 4.90 Å². The standard InChI is InChI=1S/C21H25N3O5/c1-16-3-6-18(7-4-16)29-14-9-22(2)21(25)17-5-8-19(20(15-17)24(26)27)23-10-12-28-13-11-23/h3-8,15H,9-14H2,1-2H3. The number of anilines is 1. The highest BCUT2D eigenvalue weighted by molar-refractivity contribution is 5.95. The molecule has 1 saturated heterocycles. The van der Waals surface area contributed by atoms with E-state index in [0.29, 0.717) is 45.1 Å². The van der Waals surface area contributed by atoms with Gasteiger partial charge in [-0.25, -0.2) is 0 Å². The molecule has 1 aliphatic rings. The van der Waals surface area contributed by atoms with Gasteiger partial charge in [0.1, 0.15) is 18.0 Å². The highest BCUT2D eigenvalue weighted by atomic mass is 16.6. The Morgan fingerprint density at radius 3 is 2.55 bits per heavy atom. The number of nitro benzene ring substituents is 1. The molecular weight excluding hydrogens is 374 g/mol. The minimum absolute atomic E-state index is 0.0675. The number of morpholine rings is 1. The van der Waals surface area contributed by atoms with Gasteiger partial charge >= 0.3 is 0 Å². The molecule has 1 amide bonds. The fourth-order valence-electron chi connectivity index (χ4n) is 3.13. The molecule has 1 aliphatic heterocycles. The van der Waals surface area contributed by atoms with Crippen LogP contribution in [0.1, 0.15) is 15.9 Å². The van der Waals surface area contributed by atoms with Crippen LogP contribution in [-0.2, 0) is 4.74 Å². The highest BCUT2D eigenvalue weighted by Crippen LogP contribution is 2.30. The minimum atomic E-state index is -0.442. The molecule has 0 atom stereocenters. The zero-order chi connectivity index (χ0) is 20.8. The van der Waals surface area contributed by atoms with Crippen molar-refractivity contribution in [2.24, 2.45) is 0 Å². The molecule has 8 heteroatoms. The summed E-state index contributed by atoms with van der Waals surface area (Å²) in [6.45, 7) is 4.93. The molecular formula is C21H25N3O5. The van der Waals surface area contributed by atoms with E-state index < -0.39 is 4.92 Å². The quantitative estimate of drug-likeness (QED) is 0.526. The van der Waals surface area contributed by atoms with Crippen molar-refractivity contribution in [3.05, 3.63) is 63.7 Å². The molecule has 0 spiro atoms. The van der Waals surface area contributed by atoms with Crippen LogP contribution >= 0.6 is 0 Å². The summed E-state index contributed by atoms with van der Waals surface area (Å²) in [5.74, 6) is 0.455. The van der Waals surface area contributed by atoms with Crippen molar-refractivity contribution in [3.63, 3.8) is 0 Å². The van der Waals surface area contributed by atoms with Gasteiger partial charge in [-0.15, -0.1) is 0 Å². The molecule has 0 radical (unpaired) electrons. The first-order valence-electron chi connectivity index (χ1n) is 9.52. The second-order valence-corrected chi connectivity index (χ2v) is 6.95. The number of likely N-dealkylation sites (N-methyl/N-ethyl adjacent to an activating group) is 1. The van der Waals surface area contributed by atoms with Crippen molar-refractivity contribution in [2.75, 3.05) is 51.4 Å². The summed E-state index contributed by atoms with van der Waals surface area (Å²) >= 11 is 0. The second-order valence-electron chi connectivity index (χ2n) is 6.95. The highest BCUT2D eigenvalue weighted by Gasteiger charge is 2.24. The van der Waals surface area contributed by atoms with Crippen LogP contribution in [0.15, 0.2) is 42.5 Å². The van der Waals surface area contributed by atoms with E-state index in [-0.39, 0.29) is 17.2 Å². The first-order valence-corrected chi connectivity index (χ1v) is 9.52. The number of aryl methyl sites for hydroxylation is 1. The van der Waals surface area contributed by atoms with Crippen LogP contribution in [0.5, 0.6) is 5.75 Å². The molecule has 0 aliphatic carbocycles. The smallest absolute Gasteiger partial charge is 0.293 e. The van der Waals surface area contributed by atoms with E-state index in [4.69, 9.17) is 9.47 Å². The summed E-state index contributed by atoms with van der Waals surface area (Å²) in [6, 6.07) is 12.3. The normalized spacial score (nSPS) is 13.8. The minimum Gasteiger partial charge on any atom is -0.492 e. The number of rotatable bonds is 7. The summed E-state index contributed by atoms with van der Waals surface area (Å²) in [7, 11) is 1.66. The molecule has 2 aromatic rings. The molecule has 1 heterocycles. The van der Waals surface area contributed by atoms with Gasteiger partial charge in [-0.1, -0.05) is 17.7 Å². The summed E-state index contributed by atoms with van der Waals surface area (Å²) in [5, 5.41) is 11.6. The third-order valence-electron chi connectivity index (χ3n) is 4.83. The van der Waals surface area contributed by atoms with Gasteiger partial charge in [-0.3, -0.25) is 14.9 Å². The first-order chi connectivity index (χ1) is 14.0. The van der Waals surface area contributed by atoms with Gasteiger partial charge in [0.05, 0.1) is 24.7 Å².